The van der Waals surface area contributed by atoms with Gasteiger partial charge in [-0.3, -0.25) is 0 Å². The summed E-state index contributed by atoms with van der Waals surface area (Å²) >= 11 is 0. The second kappa shape index (κ2) is 5.12. The summed E-state index contributed by atoms with van der Waals surface area (Å²) in [5.74, 6) is 0.943. The summed E-state index contributed by atoms with van der Waals surface area (Å²) in [5.41, 5.74) is 1.10. The van der Waals surface area contributed by atoms with E-state index in [1.54, 1.807) is 0 Å². The third-order valence-corrected chi connectivity index (χ3v) is 3.69. The van der Waals surface area contributed by atoms with Gasteiger partial charge in [-0.05, 0) is 45.4 Å². The average molecular weight is 247 g/mol. The van der Waals surface area contributed by atoms with Gasteiger partial charge < -0.3 is 10.1 Å². The first-order valence-electron chi connectivity index (χ1n) is 7.08. The summed E-state index contributed by atoms with van der Waals surface area (Å²) in [6.07, 6.45) is 10.8. The molecule has 4 nitrogen and oxygen atoms in total. The lowest BCUT2D eigenvalue weighted by Gasteiger charge is -2.22. The number of nitrogens with one attached hydrogen (secondary N) is 1. The molecule has 2 aliphatic carbocycles. The number of ether oxygens (including phenoxy) is 1. The highest BCUT2D eigenvalue weighted by atomic mass is 16.5. The summed E-state index contributed by atoms with van der Waals surface area (Å²) in [4.78, 5) is 8.79. The quantitative estimate of drug-likeness (QED) is 0.888. The van der Waals surface area contributed by atoms with Gasteiger partial charge in [0, 0.05) is 17.8 Å². The van der Waals surface area contributed by atoms with E-state index in [9.17, 15) is 0 Å². The Morgan fingerprint density at radius 2 is 1.94 bits per heavy atom. The monoisotopic (exact) mass is 247 g/mol. The van der Waals surface area contributed by atoms with Crippen LogP contribution in [0, 0.1) is 6.92 Å². The summed E-state index contributed by atoms with van der Waals surface area (Å²) in [7, 11) is 0. The van der Waals surface area contributed by atoms with Gasteiger partial charge in [0.05, 0.1) is 0 Å². The van der Waals surface area contributed by atoms with Crippen molar-refractivity contribution in [2.45, 2.75) is 64.0 Å². The van der Waals surface area contributed by atoms with E-state index in [0.29, 0.717) is 18.2 Å². The number of hydrogen-bond acceptors (Lipinski definition) is 4. The number of rotatable bonds is 4. The molecule has 4 heteroatoms. The summed E-state index contributed by atoms with van der Waals surface area (Å²) in [6.45, 7) is 2.04. The lowest BCUT2D eigenvalue weighted by Crippen LogP contribution is -2.21. The molecule has 1 heterocycles. The number of aryl methyl sites for hydroxylation is 1. The molecule has 0 spiro atoms. The molecule has 2 aliphatic rings. The molecule has 0 bridgehead atoms. The average Bonchev–Trinajstić information content (AvgIpc) is 3.19. The summed E-state index contributed by atoms with van der Waals surface area (Å²) < 4.78 is 5.89. The molecule has 2 saturated carbocycles. The van der Waals surface area contributed by atoms with E-state index in [-0.39, 0.29) is 0 Å². The minimum atomic E-state index is 0.315. The number of hydrogen-bond donors (Lipinski definition) is 1. The molecule has 1 aromatic rings. The number of anilines is 1. The zero-order chi connectivity index (χ0) is 12.4. The van der Waals surface area contributed by atoms with Crippen LogP contribution < -0.4 is 10.1 Å². The fourth-order valence-corrected chi connectivity index (χ4v) is 2.38. The van der Waals surface area contributed by atoms with Crippen LogP contribution in [0.4, 0.5) is 5.82 Å². The Bertz CT molecular complexity index is 412. The summed E-state index contributed by atoms with van der Waals surface area (Å²) in [6, 6.07) is 1.15. The van der Waals surface area contributed by atoms with E-state index in [1.807, 2.05) is 13.1 Å². The molecule has 0 saturated heterocycles. The molecular weight excluding hydrogens is 226 g/mol. The maximum absolute atomic E-state index is 5.89. The van der Waals surface area contributed by atoms with Crippen LogP contribution in [0.25, 0.3) is 0 Å². The summed E-state index contributed by atoms with van der Waals surface area (Å²) in [5, 5.41) is 3.43. The van der Waals surface area contributed by atoms with Crippen molar-refractivity contribution in [3.63, 3.8) is 0 Å². The van der Waals surface area contributed by atoms with Gasteiger partial charge in [-0.25, -0.2) is 4.98 Å². The van der Waals surface area contributed by atoms with Crippen LogP contribution in [0.5, 0.6) is 6.01 Å². The van der Waals surface area contributed by atoms with Gasteiger partial charge in [0.25, 0.3) is 0 Å². The number of nitrogens with zero attached hydrogens (tertiary/aromatic N) is 2. The zero-order valence-corrected chi connectivity index (χ0v) is 11.0. The van der Waals surface area contributed by atoms with Crippen molar-refractivity contribution in [1.29, 1.82) is 0 Å². The van der Waals surface area contributed by atoms with E-state index in [2.05, 4.69) is 15.3 Å². The van der Waals surface area contributed by atoms with Gasteiger partial charge in [-0.2, -0.15) is 4.98 Å². The first-order chi connectivity index (χ1) is 8.81. The van der Waals surface area contributed by atoms with Crippen molar-refractivity contribution < 1.29 is 4.74 Å². The molecule has 2 fully saturated rings. The molecule has 3 rings (SSSR count). The fourth-order valence-electron chi connectivity index (χ4n) is 2.38. The highest BCUT2D eigenvalue weighted by molar-refractivity contribution is 5.44. The Kier molecular flexibility index (Phi) is 3.35. The van der Waals surface area contributed by atoms with E-state index in [4.69, 9.17) is 4.74 Å². The van der Waals surface area contributed by atoms with Gasteiger partial charge in [-0.1, -0.05) is 6.42 Å². The van der Waals surface area contributed by atoms with Gasteiger partial charge in [0.15, 0.2) is 0 Å². The Hall–Kier alpha value is -1.32. The van der Waals surface area contributed by atoms with E-state index < -0.39 is 0 Å². The number of aromatic nitrogens is 2. The van der Waals surface area contributed by atoms with Crippen molar-refractivity contribution in [2.24, 2.45) is 0 Å². The van der Waals surface area contributed by atoms with Gasteiger partial charge >= 0.3 is 6.01 Å². The first kappa shape index (κ1) is 11.8. The largest absolute Gasteiger partial charge is 0.460 e. The normalized spacial score (nSPS) is 20.7. The van der Waals surface area contributed by atoms with Crippen LogP contribution >= 0.6 is 0 Å². The van der Waals surface area contributed by atoms with Gasteiger partial charge in [-0.15, -0.1) is 0 Å². The van der Waals surface area contributed by atoms with Crippen LogP contribution in [-0.2, 0) is 0 Å². The second-order valence-corrected chi connectivity index (χ2v) is 5.48. The Balaban J connectivity index is 1.66. The molecule has 0 radical (unpaired) electrons. The zero-order valence-electron chi connectivity index (χ0n) is 11.0. The third-order valence-electron chi connectivity index (χ3n) is 3.69. The second-order valence-electron chi connectivity index (χ2n) is 5.48. The maximum Gasteiger partial charge on any atom is 0.318 e. The predicted molar refractivity (Wildman–Crippen MR) is 70.9 cm³/mol. The van der Waals surface area contributed by atoms with E-state index >= 15 is 0 Å². The van der Waals surface area contributed by atoms with E-state index in [0.717, 1.165) is 24.2 Å². The molecule has 0 aliphatic heterocycles. The lowest BCUT2D eigenvalue weighted by atomic mass is 9.98. The van der Waals surface area contributed by atoms with Crippen LogP contribution in [0.1, 0.15) is 50.5 Å². The molecule has 0 aromatic carbocycles. The predicted octanol–water partition coefficient (Wildman–Crippen LogP) is 3.07. The molecule has 0 amide bonds. The standard InChI is InChI=1S/C14H21N3O/c1-10-9-15-14(17-13(10)16-11-7-8-11)18-12-5-3-2-4-6-12/h9,11-12H,2-8H2,1H3,(H,15,16,17). The van der Waals surface area contributed by atoms with Gasteiger partial charge in [0.1, 0.15) is 11.9 Å². The molecule has 1 aromatic heterocycles. The molecular formula is C14H21N3O. The fraction of sp³-hybridized carbons (Fsp3) is 0.714. The molecule has 1 N–H and O–H groups in total. The maximum atomic E-state index is 5.89. The molecule has 0 atom stereocenters. The lowest BCUT2D eigenvalue weighted by molar-refractivity contribution is 0.142. The van der Waals surface area contributed by atoms with Crippen molar-refractivity contribution >= 4 is 5.82 Å². The molecule has 18 heavy (non-hydrogen) atoms. The van der Waals surface area contributed by atoms with Gasteiger partial charge in [0.2, 0.25) is 0 Å². The van der Waals surface area contributed by atoms with Crippen molar-refractivity contribution in [3.05, 3.63) is 11.8 Å². The minimum absolute atomic E-state index is 0.315. The van der Waals surface area contributed by atoms with Crippen LogP contribution in [0.15, 0.2) is 6.20 Å². The molecule has 0 unspecified atom stereocenters. The highest BCUT2D eigenvalue weighted by Gasteiger charge is 2.23. The van der Waals surface area contributed by atoms with Crippen LogP contribution in [0.2, 0.25) is 0 Å². The Labute approximate surface area is 108 Å². The van der Waals surface area contributed by atoms with E-state index in [1.165, 1.54) is 32.1 Å². The van der Waals surface area contributed by atoms with Crippen LogP contribution in [-0.4, -0.2) is 22.1 Å². The van der Waals surface area contributed by atoms with Crippen molar-refractivity contribution in [2.75, 3.05) is 5.32 Å². The minimum Gasteiger partial charge on any atom is -0.460 e. The van der Waals surface area contributed by atoms with Crippen molar-refractivity contribution in [3.8, 4) is 6.01 Å². The third kappa shape index (κ3) is 2.92. The SMILES string of the molecule is Cc1cnc(OC2CCCCC2)nc1NC1CC1. The Morgan fingerprint density at radius 1 is 1.17 bits per heavy atom. The van der Waals surface area contributed by atoms with Crippen molar-refractivity contribution in [1.82, 2.24) is 9.97 Å². The Morgan fingerprint density at radius 3 is 2.67 bits per heavy atom. The highest BCUT2D eigenvalue weighted by Crippen LogP contribution is 2.27. The first-order valence-corrected chi connectivity index (χ1v) is 7.08. The molecule has 98 valence electrons. The topological polar surface area (TPSA) is 47.0 Å². The van der Waals surface area contributed by atoms with Crippen LogP contribution in [0.3, 0.4) is 0 Å². The smallest absolute Gasteiger partial charge is 0.318 e.